The highest BCUT2D eigenvalue weighted by Gasteiger charge is 2.27. The summed E-state index contributed by atoms with van der Waals surface area (Å²) in [5.74, 6) is 1.32. The highest BCUT2D eigenvalue weighted by molar-refractivity contribution is 7.17. The Hall–Kier alpha value is -3.32. The fraction of sp³-hybridized carbons (Fsp3) is 0.217. The van der Waals surface area contributed by atoms with E-state index in [1.807, 2.05) is 30.3 Å². The van der Waals surface area contributed by atoms with Crippen LogP contribution < -0.4 is 10.6 Å². The Morgan fingerprint density at radius 2 is 1.80 bits per heavy atom. The van der Waals surface area contributed by atoms with Crippen molar-refractivity contribution in [2.45, 2.75) is 12.8 Å². The van der Waals surface area contributed by atoms with Crippen LogP contribution in [0, 0.1) is 5.92 Å². The van der Waals surface area contributed by atoms with Crippen LogP contribution >= 0.6 is 11.3 Å². The number of carbonyl (C=O) groups is 1. The maximum Gasteiger partial charge on any atom is 0.220 e. The zero-order valence-electron chi connectivity index (χ0n) is 16.4. The van der Waals surface area contributed by atoms with E-state index >= 15 is 0 Å². The van der Waals surface area contributed by atoms with Gasteiger partial charge in [-0.05, 0) is 30.5 Å². The van der Waals surface area contributed by atoms with Crippen LogP contribution in [-0.2, 0) is 4.79 Å². The van der Waals surface area contributed by atoms with Crippen molar-refractivity contribution in [3.05, 3.63) is 60.2 Å². The highest BCUT2D eigenvalue weighted by atomic mass is 32.1. The van der Waals surface area contributed by atoms with Crippen molar-refractivity contribution in [2.24, 2.45) is 11.7 Å². The van der Waals surface area contributed by atoms with Gasteiger partial charge in [0.05, 0.1) is 5.39 Å². The zero-order valence-corrected chi connectivity index (χ0v) is 17.2. The molecule has 1 amide bonds. The first-order chi connectivity index (χ1) is 14.7. The Morgan fingerprint density at radius 1 is 1.03 bits per heavy atom. The number of nitrogens with two attached hydrogens (primary N) is 1. The average molecular weight is 416 g/mol. The van der Waals surface area contributed by atoms with E-state index in [-0.39, 0.29) is 11.8 Å². The molecule has 0 saturated carbocycles. The number of rotatable bonds is 4. The Labute approximate surface area is 178 Å². The fourth-order valence-electron chi connectivity index (χ4n) is 3.98. The van der Waals surface area contributed by atoms with Crippen molar-refractivity contribution in [3.8, 4) is 22.5 Å². The molecule has 1 aromatic carbocycles. The summed E-state index contributed by atoms with van der Waals surface area (Å²) in [4.78, 5) is 28.9. The van der Waals surface area contributed by atoms with Crippen LogP contribution in [0.1, 0.15) is 12.8 Å². The molecule has 0 spiro atoms. The van der Waals surface area contributed by atoms with E-state index in [0.717, 1.165) is 58.7 Å². The molecule has 150 valence electrons. The molecule has 0 unspecified atom stereocenters. The molecule has 4 heterocycles. The number of hydrogen-bond donors (Lipinski definition) is 1. The van der Waals surface area contributed by atoms with Crippen molar-refractivity contribution in [2.75, 3.05) is 18.0 Å². The van der Waals surface area contributed by atoms with Gasteiger partial charge in [-0.3, -0.25) is 9.78 Å². The summed E-state index contributed by atoms with van der Waals surface area (Å²) < 4.78 is 0. The molecule has 5 rings (SSSR count). The van der Waals surface area contributed by atoms with Gasteiger partial charge in [0, 0.05) is 47.9 Å². The number of hydrogen-bond acceptors (Lipinski definition) is 6. The Morgan fingerprint density at radius 3 is 2.50 bits per heavy atom. The molecule has 2 N–H and O–H groups in total. The van der Waals surface area contributed by atoms with Crippen molar-refractivity contribution < 1.29 is 4.79 Å². The van der Waals surface area contributed by atoms with Crippen LogP contribution in [0.25, 0.3) is 32.7 Å². The molecule has 6 nitrogen and oxygen atoms in total. The SMILES string of the molecule is NC(=O)C1CCN(c2nc(-c3cccnc3)nc3scc(-c4ccccc4)c23)CC1. The van der Waals surface area contributed by atoms with E-state index in [1.165, 1.54) is 0 Å². The second kappa shape index (κ2) is 7.84. The zero-order chi connectivity index (χ0) is 20.5. The molecular formula is C23H21N5OS. The Kier molecular flexibility index (Phi) is 4.88. The number of carbonyl (C=O) groups excluding carboxylic acids is 1. The van der Waals surface area contributed by atoms with E-state index in [1.54, 1.807) is 23.7 Å². The van der Waals surface area contributed by atoms with Crippen molar-refractivity contribution in [1.29, 1.82) is 0 Å². The summed E-state index contributed by atoms with van der Waals surface area (Å²) >= 11 is 1.63. The van der Waals surface area contributed by atoms with E-state index < -0.39 is 0 Å². The molecule has 0 atom stereocenters. The number of anilines is 1. The van der Waals surface area contributed by atoms with Crippen molar-refractivity contribution in [1.82, 2.24) is 15.0 Å². The standard InChI is InChI=1S/C23H21N5OS/c24-20(29)16-8-11-28(12-9-16)22-19-18(15-5-2-1-3-6-15)14-30-23(19)27-21(26-22)17-7-4-10-25-13-17/h1-7,10,13-14,16H,8-9,11-12H2,(H2,24,29). The number of fused-ring (bicyclic) bond motifs is 1. The second-order valence-corrected chi connectivity index (χ2v) is 8.33. The van der Waals surface area contributed by atoms with Crippen molar-refractivity contribution in [3.63, 3.8) is 0 Å². The van der Waals surface area contributed by atoms with Gasteiger partial charge in [0.1, 0.15) is 10.6 Å². The normalized spacial score (nSPS) is 14.9. The molecule has 1 aliphatic heterocycles. The lowest BCUT2D eigenvalue weighted by molar-refractivity contribution is -0.122. The first kappa shape index (κ1) is 18.7. The summed E-state index contributed by atoms with van der Waals surface area (Å²) in [6, 6.07) is 14.2. The molecule has 1 aliphatic rings. The summed E-state index contributed by atoms with van der Waals surface area (Å²) in [6.07, 6.45) is 5.02. The molecule has 3 aromatic heterocycles. The van der Waals surface area contributed by atoms with Gasteiger partial charge < -0.3 is 10.6 Å². The third-order valence-electron chi connectivity index (χ3n) is 5.62. The summed E-state index contributed by atoms with van der Waals surface area (Å²) in [5.41, 5.74) is 8.72. The fourth-order valence-corrected chi connectivity index (χ4v) is 4.92. The van der Waals surface area contributed by atoms with Crippen LogP contribution in [-0.4, -0.2) is 33.9 Å². The lowest BCUT2D eigenvalue weighted by atomic mass is 9.96. The molecular weight excluding hydrogens is 394 g/mol. The third-order valence-corrected chi connectivity index (χ3v) is 6.49. The molecule has 7 heteroatoms. The van der Waals surface area contributed by atoms with Gasteiger partial charge in [0.25, 0.3) is 0 Å². The maximum absolute atomic E-state index is 11.6. The predicted molar refractivity (Wildman–Crippen MR) is 120 cm³/mol. The Bertz CT molecular complexity index is 1180. The number of thiophene rings is 1. The number of benzene rings is 1. The minimum absolute atomic E-state index is 0.0626. The van der Waals surface area contributed by atoms with Crippen LogP contribution in [0.4, 0.5) is 5.82 Å². The van der Waals surface area contributed by atoms with Gasteiger partial charge in [0.15, 0.2) is 5.82 Å². The molecule has 0 radical (unpaired) electrons. The molecule has 1 fully saturated rings. The van der Waals surface area contributed by atoms with Gasteiger partial charge in [-0.15, -0.1) is 11.3 Å². The van der Waals surface area contributed by atoms with Crippen LogP contribution in [0.3, 0.4) is 0 Å². The summed E-state index contributed by atoms with van der Waals surface area (Å²) in [7, 11) is 0. The van der Waals surface area contributed by atoms with Gasteiger partial charge >= 0.3 is 0 Å². The number of piperidine rings is 1. The Balaban J connectivity index is 1.65. The molecule has 30 heavy (non-hydrogen) atoms. The van der Waals surface area contributed by atoms with Gasteiger partial charge in [0.2, 0.25) is 5.91 Å². The maximum atomic E-state index is 11.6. The van der Waals surface area contributed by atoms with Gasteiger partial charge in [-0.25, -0.2) is 9.97 Å². The average Bonchev–Trinajstić information content (AvgIpc) is 3.24. The summed E-state index contributed by atoms with van der Waals surface area (Å²) in [5, 5.41) is 3.22. The number of primary amides is 1. The predicted octanol–water partition coefficient (Wildman–Crippen LogP) is 4.12. The van der Waals surface area contributed by atoms with Crippen LogP contribution in [0.2, 0.25) is 0 Å². The lowest BCUT2D eigenvalue weighted by Gasteiger charge is -2.32. The van der Waals surface area contributed by atoms with Crippen LogP contribution in [0.5, 0.6) is 0 Å². The highest BCUT2D eigenvalue weighted by Crippen LogP contribution is 2.40. The smallest absolute Gasteiger partial charge is 0.220 e. The first-order valence-corrected chi connectivity index (χ1v) is 10.9. The second-order valence-electron chi connectivity index (χ2n) is 7.47. The number of amides is 1. The van der Waals surface area contributed by atoms with Crippen molar-refractivity contribution >= 4 is 33.3 Å². The van der Waals surface area contributed by atoms with Gasteiger partial charge in [-0.2, -0.15) is 0 Å². The minimum atomic E-state index is -0.209. The van der Waals surface area contributed by atoms with Gasteiger partial charge in [-0.1, -0.05) is 30.3 Å². The number of pyridine rings is 1. The molecule has 4 aromatic rings. The number of aromatic nitrogens is 3. The largest absolute Gasteiger partial charge is 0.369 e. The van der Waals surface area contributed by atoms with E-state index in [2.05, 4.69) is 27.4 Å². The summed E-state index contributed by atoms with van der Waals surface area (Å²) in [6.45, 7) is 1.49. The number of nitrogens with zero attached hydrogens (tertiary/aromatic N) is 4. The van der Waals surface area contributed by atoms with E-state index in [9.17, 15) is 4.79 Å². The molecule has 0 aliphatic carbocycles. The lowest BCUT2D eigenvalue weighted by Crippen LogP contribution is -2.39. The van der Waals surface area contributed by atoms with E-state index in [0.29, 0.717) is 5.82 Å². The monoisotopic (exact) mass is 415 g/mol. The molecule has 0 bridgehead atoms. The third kappa shape index (κ3) is 3.41. The molecule has 1 saturated heterocycles. The van der Waals surface area contributed by atoms with Crippen LogP contribution in [0.15, 0.2) is 60.2 Å². The topological polar surface area (TPSA) is 85.0 Å². The van der Waals surface area contributed by atoms with E-state index in [4.69, 9.17) is 15.7 Å². The quantitative estimate of drug-likeness (QED) is 0.542. The minimum Gasteiger partial charge on any atom is -0.369 e. The first-order valence-electron chi connectivity index (χ1n) is 10.00.